The molecule has 92 valence electrons. The van der Waals surface area contributed by atoms with Gasteiger partial charge in [0.25, 0.3) is 0 Å². The van der Waals surface area contributed by atoms with Crippen molar-refractivity contribution < 1.29 is 4.79 Å². The maximum absolute atomic E-state index is 11.6. The van der Waals surface area contributed by atoms with Crippen LogP contribution in [0.4, 0.5) is 0 Å². The molecule has 0 saturated heterocycles. The molecule has 0 atom stereocenters. The van der Waals surface area contributed by atoms with Crippen LogP contribution in [0.15, 0.2) is 6.33 Å². The van der Waals surface area contributed by atoms with Crippen LogP contribution in [0.3, 0.4) is 0 Å². The molecule has 5 nitrogen and oxygen atoms in total. The number of ketones is 1. The van der Waals surface area contributed by atoms with E-state index in [4.69, 9.17) is 6.42 Å². The smallest absolute Gasteiger partial charge is 0.154 e. The molecule has 0 aliphatic heterocycles. The van der Waals surface area contributed by atoms with Gasteiger partial charge in [-0.1, -0.05) is 19.8 Å². The molecule has 0 saturated carbocycles. The summed E-state index contributed by atoms with van der Waals surface area (Å²) in [5.74, 6) is 3.68. The summed E-state index contributed by atoms with van der Waals surface area (Å²) in [5, 5.41) is 6.97. The van der Waals surface area contributed by atoms with E-state index in [9.17, 15) is 4.79 Å². The highest BCUT2D eigenvalue weighted by Gasteiger charge is 2.10. The predicted molar refractivity (Wildman–Crippen MR) is 65.3 cm³/mol. The average molecular weight is 234 g/mol. The SMILES string of the molecule is C#CCNCC(=O)Cc1ncnn1CC(C)C. The summed E-state index contributed by atoms with van der Waals surface area (Å²) < 4.78 is 1.78. The number of nitrogens with zero attached hydrogens (tertiary/aromatic N) is 3. The van der Waals surface area contributed by atoms with Gasteiger partial charge in [0.15, 0.2) is 5.78 Å². The highest BCUT2D eigenvalue weighted by atomic mass is 16.1. The van der Waals surface area contributed by atoms with E-state index in [-0.39, 0.29) is 12.3 Å². The summed E-state index contributed by atoms with van der Waals surface area (Å²) in [6, 6.07) is 0. The number of aromatic nitrogens is 3. The van der Waals surface area contributed by atoms with E-state index >= 15 is 0 Å². The third kappa shape index (κ3) is 4.79. The maximum Gasteiger partial charge on any atom is 0.154 e. The van der Waals surface area contributed by atoms with Gasteiger partial charge in [0.1, 0.15) is 12.2 Å². The highest BCUT2D eigenvalue weighted by Crippen LogP contribution is 2.02. The van der Waals surface area contributed by atoms with E-state index in [0.717, 1.165) is 6.54 Å². The lowest BCUT2D eigenvalue weighted by Crippen LogP contribution is -2.25. The second kappa shape index (κ2) is 6.81. The largest absolute Gasteiger partial charge is 0.299 e. The zero-order chi connectivity index (χ0) is 12.7. The average Bonchev–Trinajstić information content (AvgIpc) is 2.65. The number of terminal acetylenes is 1. The van der Waals surface area contributed by atoms with Crippen molar-refractivity contribution in [3.63, 3.8) is 0 Å². The molecule has 1 heterocycles. The van der Waals surface area contributed by atoms with Crippen molar-refractivity contribution >= 4 is 5.78 Å². The van der Waals surface area contributed by atoms with Gasteiger partial charge in [-0.15, -0.1) is 6.42 Å². The van der Waals surface area contributed by atoms with Gasteiger partial charge in [0.05, 0.1) is 19.5 Å². The lowest BCUT2D eigenvalue weighted by atomic mass is 10.2. The van der Waals surface area contributed by atoms with Crippen LogP contribution in [0, 0.1) is 18.3 Å². The van der Waals surface area contributed by atoms with Crippen LogP contribution >= 0.6 is 0 Å². The van der Waals surface area contributed by atoms with Crippen LogP contribution in [0.1, 0.15) is 19.7 Å². The summed E-state index contributed by atoms with van der Waals surface area (Å²) in [6.45, 7) is 5.66. The van der Waals surface area contributed by atoms with Crippen molar-refractivity contribution in [2.24, 2.45) is 5.92 Å². The minimum atomic E-state index is 0.0678. The first kappa shape index (κ1) is 13.4. The molecular formula is C12H18N4O. The molecule has 1 rings (SSSR count). The second-order valence-corrected chi connectivity index (χ2v) is 4.28. The summed E-state index contributed by atoms with van der Waals surface area (Å²) in [6.07, 6.45) is 6.86. The Morgan fingerprint density at radius 3 is 3.06 bits per heavy atom. The zero-order valence-electron chi connectivity index (χ0n) is 10.3. The van der Waals surface area contributed by atoms with Gasteiger partial charge in [-0.2, -0.15) is 5.10 Å². The van der Waals surface area contributed by atoms with Gasteiger partial charge in [-0.3, -0.25) is 10.1 Å². The number of rotatable bonds is 7. The first-order valence-electron chi connectivity index (χ1n) is 5.66. The molecule has 0 aliphatic carbocycles. The molecule has 0 aromatic carbocycles. The summed E-state index contributed by atoms with van der Waals surface area (Å²) in [5.41, 5.74) is 0. The quantitative estimate of drug-likeness (QED) is 0.543. The van der Waals surface area contributed by atoms with Crippen LogP contribution in [0.2, 0.25) is 0 Å². The number of carbonyl (C=O) groups excluding carboxylic acids is 1. The fourth-order valence-corrected chi connectivity index (χ4v) is 1.44. The Bertz CT molecular complexity index is 403. The third-order valence-corrected chi connectivity index (χ3v) is 2.14. The Morgan fingerprint density at radius 1 is 1.65 bits per heavy atom. The molecule has 0 amide bonds. The Kier molecular flexibility index (Phi) is 5.37. The number of Topliss-reactive ketones (excluding diaryl/α,β-unsaturated/α-hetero) is 1. The number of carbonyl (C=O) groups is 1. The first-order chi connectivity index (χ1) is 8.13. The van der Waals surface area contributed by atoms with Crippen LogP contribution in [-0.2, 0) is 17.8 Å². The van der Waals surface area contributed by atoms with E-state index in [2.05, 4.69) is 35.2 Å². The molecule has 0 unspecified atom stereocenters. The van der Waals surface area contributed by atoms with Crippen LogP contribution in [-0.4, -0.2) is 33.6 Å². The van der Waals surface area contributed by atoms with Crippen molar-refractivity contribution in [2.45, 2.75) is 26.8 Å². The lowest BCUT2D eigenvalue weighted by Gasteiger charge is -2.08. The monoisotopic (exact) mass is 234 g/mol. The topological polar surface area (TPSA) is 59.8 Å². The van der Waals surface area contributed by atoms with Gasteiger partial charge in [0.2, 0.25) is 0 Å². The van der Waals surface area contributed by atoms with Crippen LogP contribution in [0.25, 0.3) is 0 Å². The van der Waals surface area contributed by atoms with Gasteiger partial charge in [0, 0.05) is 6.54 Å². The standard InChI is InChI=1S/C12H18N4O/c1-4-5-13-7-11(17)6-12-14-9-15-16(12)8-10(2)3/h1,9-10,13H,5-8H2,2-3H3. The van der Waals surface area contributed by atoms with Crippen molar-refractivity contribution in [3.05, 3.63) is 12.2 Å². The van der Waals surface area contributed by atoms with Crippen molar-refractivity contribution in [1.82, 2.24) is 20.1 Å². The summed E-state index contributed by atoms with van der Waals surface area (Å²) in [4.78, 5) is 15.7. The van der Waals surface area contributed by atoms with Crippen LogP contribution in [0.5, 0.6) is 0 Å². The molecule has 0 aliphatic rings. The molecule has 5 heteroatoms. The first-order valence-corrected chi connectivity index (χ1v) is 5.66. The fourth-order valence-electron chi connectivity index (χ4n) is 1.44. The Hall–Kier alpha value is -1.67. The number of nitrogens with one attached hydrogen (secondary N) is 1. The van der Waals surface area contributed by atoms with E-state index in [1.165, 1.54) is 6.33 Å². The normalized spacial score (nSPS) is 10.5. The zero-order valence-corrected chi connectivity index (χ0v) is 10.3. The molecule has 0 radical (unpaired) electrons. The maximum atomic E-state index is 11.6. The van der Waals surface area contributed by atoms with Crippen molar-refractivity contribution in [3.8, 4) is 12.3 Å². The minimum Gasteiger partial charge on any atom is -0.299 e. The predicted octanol–water partition coefficient (Wildman–Crippen LogP) is 0.268. The van der Waals surface area contributed by atoms with Gasteiger partial charge >= 0.3 is 0 Å². The minimum absolute atomic E-state index is 0.0678. The van der Waals surface area contributed by atoms with Crippen molar-refractivity contribution in [2.75, 3.05) is 13.1 Å². The third-order valence-electron chi connectivity index (χ3n) is 2.14. The van der Waals surface area contributed by atoms with E-state index in [1.807, 2.05) is 0 Å². The number of hydrogen-bond acceptors (Lipinski definition) is 4. The van der Waals surface area contributed by atoms with Gasteiger partial charge < -0.3 is 0 Å². The molecule has 0 bridgehead atoms. The molecule has 1 N–H and O–H groups in total. The molecular weight excluding hydrogens is 216 g/mol. The summed E-state index contributed by atoms with van der Waals surface area (Å²) >= 11 is 0. The van der Waals surface area contributed by atoms with Gasteiger partial charge in [-0.25, -0.2) is 9.67 Å². The summed E-state index contributed by atoms with van der Waals surface area (Å²) in [7, 11) is 0. The van der Waals surface area contributed by atoms with E-state index in [1.54, 1.807) is 4.68 Å². The Morgan fingerprint density at radius 2 is 2.41 bits per heavy atom. The highest BCUT2D eigenvalue weighted by molar-refractivity contribution is 5.82. The second-order valence-electron chi connectivity index (χ2n) is 4.28. The molecule has 1 aromatic heterocycles. The molecule has 17 heavy (non-hydrogen) atoms. The van der Waals surface area contributed by atoms with E-state index < -0.39 is 0 Å². The van der Waals surface area contributed by atoms with Crippen molar-refractivity contribution in [1.29, 1.82) is 0 Å². The Labute approximate surface area is 102 Å². The Balaban J connectivity index is 2.48. The van der Waals surface area contributed by atoms with Crippen LogP contribution < -0.4 is 5.32 Å². The molecule has 1 aromatic rings. The number of hydrogen-bond donors (Lipinski definition) is 1. The lowest BCUT2D eigenvalue weighted by molar-refractivity contribution is -0.117. The molecule has 0 spiro atoms. The van der Waals surface area contributed by atoms with E-state index in [0.29, 0.717) is 24.7 Å². The molecule has 0 fully saturated rings. The fraction of sp³-hybridized carbons (Fsp3) is 0.583. The van der Waals surface area contributed by atoms with Gasteiger partial charge in [-0.05, 0) is 5.92 Å².